The molecule has 0 saturated carbocycles. The maximum absolute atomic E-state index is 12.5. The van der Waals surface area contributed by atoms with Crippen LogP contribution in [-0.4, -0.2) is 40.6 Å². The van der Waals surface area contributed by atoms with Gasteiger partial charge in [-0.25, -0.2) is 0 Å². The Balaban J connectivity index is 1.70. The lowest BCUT2D eigenvalue weighted by molar-refractivity contribution is -0.128. The number of fused-ring (bicyclic) bond motifs is 1. The second-order valence-corrected chi connectivity index (χ2v) is 6.59. The van der Waals surface area contributed by atoms with Crippen LogP contribution in [0.3, 0.4) is 0 Å². The third-order valence-corrected chi connectivity index (χ3v) is 5.29. The molecule has 0 unspecified atom stereocenters. The van der Waals surface area contributed by atoms with Gasteiger partial charge in [-0.15, -0.1) is 0 Å². The molecule has 1 fully saturated rings. The lowest BCUT2D eigenvalue weighted by atomic mass is 9.77. The molecule has 0 radical (unpaired) electrons. The highest BCUT2D eigenvalue weighted by molar-refractivity contribution is 5.95. The van der Waals surface area contributed by atoms with Crippen molar-refractivity contribution in [3.8, 4) is 0 Å². The molecule has 1 aromatic heterocycles. The number of aromatic nitrogens is 1. The van der Waals surface area contributed by atoms with Crippen molar-refractivity contribution in [3.05, 3.63) is 48.2 Å². The van der Waals surface area contributed by atoms with Gasteiger partial charge >= 0.3 is 0 Å². The number of benzene rings is 1. The highest BCUT2D eigenvalue weighted by atomic mass is 16.3. The zero-order valence-electron chi connectivity index (χ0n) is 14.1. The van der Waals surface area contributed by atoms with Crippen molar-refractivity contribution in [1.82, 2.24) is 9.88 Å². The van der Waals surface area contributed by atoms with Gasteiger partial charge in [0.15, 0.2) is 0 Å². The largest absolute Gasteiger partial charge is 0.396 e. The van der Waals surface area contributed by atoms with Crippen molar-refractivity contribution < 1.29 is 9.90 Å². The molecule has 2 heterocycles. The number of rotatable bonds is 4. The zero-order valence-corrected chi connectivity index (χ0v) is 14.1. The summed E-state index contributed by atoms with van der Waals surface area (Å²) in [5, 5.41) is 10.7. The molecule has 3 rings (SSSR count). The predicted octanol–water partition coefficient (Wildman–Crippen LogP) is 3.26. The first-order valence-electron chi connectivity index (χ1n) is 8.59. The Kier molecular flexibility index (Phi) is 4.95. The van der Waals surface area contributed by atoms with Crippen molar-refractivity contribution in [3.63, 3.8) is 0 Å². The number of hydrogen-bond donors (Lipinski definition) is 1. The highest BCUT2D eigenvalue weighted by Gasteiger charge is 2.33. The third kappa shape index (κ3) is 3.34. The summed E-state index contributed by atoms with van der Waals surface area (Å²) in [5.74, 6) is 0.0329. The van der Waals surface area contributed by atoms with Crippen molar-refractivity contribution in [2.45, 2.75) is 26.2 Å². The quantitative estimate of drug-likeness (QED) is 0.878. The van der Waals surface area contributed by atoms with Crippen LogP contribution in [0.15, 0.2) is 42.6 Å². The molecule has 4 heteroatoms. The Bertz CT molecular complexity index is 735. The van der Waals surface area contributed by atoms with E-state index in [0.29, 0.717) is 13.1 Å². The number of likely N-dealkylation sites (tertiary alicyclic amines) is 1. The molecule has 0 atom stereocenters. The molecule has 0 bridgehead atoms. The average molecular weight is 324 g/mol. The van der Waals surface area contributed by atoms with Gasteiger partial charge in [0.1, 0.15) is 0 Å². The molecule has 126 valence electrons. The number of aliphatic hydroxyl groups excluding tert-OH is 1. The molecular formula is C20H24N2O2. The van der Waals surface area contributed by atoms with E-state index >= 15 is 0 Å². The van der Waals surface area contributed by atoms with Gasteiger partial charge in [0.25, 0.3) is 0 Å². The van der Waals surface area contributed by atoms with Crippen molar-refractivity contribution in [1.29, 1.82) is 0 Å². The first-order chi connectivity index (χ1) is 11.7. The van der Waals surface area contributed by atoms with Crippen LogP contribution >= 0.6 is 0 Å². The second kappa shape index (κ2) is 7.14. The average Bonchev–Trinajstić information content (AvgIpc) is 2.66. The van der Waals surface area contributed by atoms with Crippen LogP contribution in [0.2, 0.25) is 0 Å². The highest BCUT2D eigenvalue weighted by Crippen LogP contribution is 2.34. The summed E-state index contributed by atoms with van der Waals surface area (Å²) in [4.78, 5) is 18.7. The lowest BCUT2D eigenvalue weighted by Crippen LogP contribution is -2.43. The number of pyridine rings is 1. The minimum atomic E-state index is 0.0000462. The minimum absolute atomic E-state index is 0.0000462. The van der Waals surface area contributed by atoms with E-state index in [0.717, 1.165) is 35.7 Å². The van der Waals surface area contributed by atoms with Crippen LogP contribution in [-0.2, 0) is 4.79 Å². The van der Waals surface area contributed by atoms with E-state index in [9.17, 15) is 9.90 Å². The summed E-state index contributed by atoms with van der Waals surface area (Å²) in [7, 11) is 0. The fourth-order valence-corrected chi connectivity index (χ4v) is 3.35. The molecule has 1 amide bonds. The Hall–Kier alpha value is -2.20. The lowest BCUT2D eigenvalue weighted by Gasteiger charge is -2.39. The molecule has 0 aliphatic carbocycles. The molecule has 1 aromatic carbocycles. The fraction of sp³-hybridized carbons (Fsp3) is 0.400. The minimum Gasteiger partial charge on any atom is -0.396 e. The molecular weight excluding hydrogens is 300 g/mol. The van der Waals surface area contributed by atoms with Crippen LogP contribution in [0.25, 0.3) is 17.0 Å². The number of para-hydroxylation sites is 1. The van der Waals surface area contributed by atoms with Gasteiger partial charge in [0.05, 0.1) is 5.52 Å². The van der Waals surface area contributed by atoms with Crippen LogP contribution in [0.1, 0.15) is 31.7 Å². The first kappa shape index (κ1) is 16.7. The Morgan fingerprint density at radius 3 is 2.75 bits per heavy atom. The number of carbonyl (C=O) groups is 1. The number of amides is 1. The van der Waals surface area contributed by atoms with Gasteiger partial charge in [0.2, 0.25) is 5.91 Å². The number of aliphatic hydroxyl groups is 1. The first-order valence-corrected chi connectivity index (χ1v) is 8.59. The number of piperidine rings is 1. The maximum Gasteiger partial charge on any atom is 0.246 e. The number of nitrogens with zero attached hydrogens (tertiary/aromatic N) is 2. The van der Waals surface area contributed by atoms with Crippen molar-refractivity contribution >= 4 is 22.9 Å². The van der Waals surface area contributed by atoms with Gasteiger partial charge in [-0.2, -0.15) is 0 Å². The van der Waals surface area contributed by atoms with Crippen molar-refractivity contribution in [2.24, 2.45) is 5.41 Å². The second-order valence-electron chi connectivity index (χ2n) is 6.59. The van der Waals surface area contributed by atoms with E-state index in [1.165, 1.54) is 0 Å². The standard InChI is InChI=1S/C20H24N2O2/c1-2-20(15-23)10-13-22(14-11-20)18(24)9-8-17-6-3-5-16-7-4-12-21-19(16)17/h3-9,12,23H,2,10-11,13-15H2,1H3/b9-8+. The molecule has 1 N–H and O–H groups in total. The van der Waals surface area contributed by atoms with E-state index in [1.54, 1.807) is 12.3 Å². The zero-order chi connectivity index (χ0) is 17.0. The SMILES string of the molecule is CCC1(CO)CCN(C(=O)/C=C/c2cccc3cccnc23)CC1. The molecule has 2 aromatic rings. The van der Waals surface area contributed by atoms with Crippen LogP contribution < -0.4 is 0 Å². The molecule has 0 spiro atoms. The van der Waals surface area contributed by atoms with E-state index in [2.05, 4.69) is 11.9 Å². The van der Waals surface area contributed by atoms with Gasteiger partial charge in [-0.1, -0.05) is 31.2 Å². The summed E-state index contributed by atoms with van der Waals surface area (Å²) in [6.45, 7) is 3.75. The summed E-state index contributed by atoms with van der Waals surface area (Å²) in [5.41, 5.74) is 1.87. The third-order valence-electron chi connectivity index (χ3n) is 5.29. The summed E-state index contributed by atoms with van der Waals surface area (Å²) in [6.07, 6.45) is 7.96. The van der Waals surface area contributed by atoms with Gasteiger partial charge in [0, 0.05) is 42.9 Å². The Morgan fingerprint density at radius 1 is 1.29 bits per heavy atom. The van der Waals surface area contributed by atoms with Crippen LogP contribution in [0.4, 0.5) is 0 Å². The monoisotopic (exact) mass is 324 g/mol. The smallest absolute Gasteiger partial charge is 0.246 e. The number of hydrogen-bond acceptors (Lipinski definition) is 3. The maximum atomic E-state index is 12.5. The summed E-state index contributed by atoms with van der Waals surface area (Å²) in [6, 6.07) is 9.90. The van der Waals surface area contributed by atoms with Gasteiger partial charge in [-0.3, -0.25) is 9.78 Å². The van der Waals surface area contributed by atoms with Gasteiger partial charge in [-0.05, 0) is 36.8 Å². The molecule has 1 aliphatic rings. The Morgan fingerprint density at radius 2 is 2.04 bits per heavy atom. The Labute approximate surface area is 142 Å². The normalized spacial score (nSPS) is 17.5. The van der Waals surface area contributed by atoms with Crippen LogP contribution in [0.5, 0.6) is 0 Å². The summed E-state index contributed by atoms with van der Waals surface area (Å²) >= 11 is 0. The fourth-order valence-electron chi connectivity index (χ4n) is 3.35. The topological polar surface area (TPSA) is 53.4 Å². The van der Waals surface area contributed by atoms with Crippen molar-refractivity contribution in [2.75, 3.05) is 19.7 Å². The van der Waals surface area contributed by atoms with E-state index in [-0.39, 0.29) is 17.9 Å². The molecule has 24 heavy (non-hydrogen) atoms. The van der Waals surface area contributed by atoms with E-state index in [1.807, 2.05) is 41.3 Å². The van der Waals surface area contributed by atoms with E-state index in [4.69, 9.17) is 0 Å². The van der Waals surface area contributed by atoms with Crippen LogP contribution in [0, 0.1) is 5.41 Å². The van der Waals surface area contributed by atoms with E-state index < -0.39 is 0 Å². The predicted molar refractivity (Wildman–Crippen MR) is 96.4 cm³/mol. The van der Waals surface area contributed by atoms with Gasteiger partial charge < -0.3 is 10.0 Å². The molecule has 4 nitrogen and oxygen atoms in total. The molecule has 1 aliphatic heterocycles. The number of carbonyl (C=O) groups excluding carboxylic acids is 1. The summed E-state index contributed by atoms with van der Waals surface area (Å²) < 4.78 is 0. The molecule has 1 saturated heterocycles.